The average molecular weight is 454 g/mol. The molecule has 0 spiro atoms. The van der Waals surface area contributed by atoms with Gasteiger partial charge in [-0.3, -0.25) is 14.9 Å². The van der Waals surface area contributed by atoms with Crippen LogP contribution in [0.4, 0.5) is 5.69 Å². The van der Waals surface area contributed by atoms with E-state index in [1.807, 2.05) is 18.2 Å². The van der Waals surface area contributed by atoms with Crippen molar-refractivity contribution in [3.63, 3.8) is 0 Å². The molecule has 0 aromatic heterocycles. The van der Waals surface area contributed by atoms with Crippen molar-refractivity contribution in [3.8, 4) is 11.5 Å². The largest absolute Gasteiger partial charge is 0.489 e. The summed E-state index contributed by atoms with van der Waals surface area (Å²) < 4.78 is 11.0. The van der Waals surface area contributed by atoms with Crippen LogP contribution in [-0.4, -0.2) is 23.7 Å². The van der Waals surface area contributed by atoms with Crippen molar-refractivity contribution in [3.05, 3.63) is 98.6 Å². The molecule has 0 heterocycles. The summed E-state index contributed by atoms with van der Waals surface area (Å²) in [6.07, 6.45) is 1.46. The summed E-state index contributed by atoms with van der Waals surface area (Å²) in [6, 6.07) is 19.1. The van der Waals surface area contributed by atoms with Gasteiger partial charge in [-0.2, -0.15) is 5.10 Å². The molecule has 0 saturated heterocycles. The Hall–Kier alpha value is -3.91. The second-order valence-corrected chi connectivity index (χ2v) is 7.17. The van der Waals surface area contributed by atoms with Crippen molar-refractivity contribution in [2.75, 3.05) is 6.61 Å². The Morgan fingerprint density at radius 3 is 2.59 bits per heavy atom. The number of nitro groups is 1. The number of hydrogen-bond acceptors (Lipinski definition) is 6. The first kappa shape index (κ1) is 22.8. The van der Waals surface area contributed by atoms with Gasteiger partial charge >= 0.3 is 5.69 Å². The van der Waals surface area contributed by atoms with E-state index in [4.69, 9.17) is 21.1 Å². The minimum absolute atomic E-state index is 0.0205. The van der Waals surface area contributed by atoms with E-state index < -0.39 is 17.4 Å². The molecule has 0 aliphatic rings. The number of hydrazone groups is 1. The number of nitrogens with one attached hydrogen (secondary N) is 1. The number of ether oxygens (including phenoxy) is 2. The summed E-state index contributed by atoms with van der Waals surface area (Å²) in [5.74, 6) is 0.141. The number of halogens is 1. The second kappa shape index (κ2) is 10.9. The molecule has 0 saturated carbocycles. The minimum Gasteiger partial charge on any atom is -0.489 e. The Balaban J connectivity index is 1.47. The molecule has 0 aliphatic heterocycles. The highest BCUT2D eigenvalue weighted by Gasteiger charge is 2.16. The van der Waals surface area contributed by atoms with Gasteiger partial charge in [0.05, 0.1) is 11.1 Å². The van der Waals surface area contributed by atoms with Crippen LogP contribution in [0.25, 0.3) is 0 Å². The van der Waals surface area contributed by atoms with E-state index in [1.54, 1.807) is 43.3 Å². The molecule has 3 aromatic carbocycles. The van der Waals surface area contributed by atoms with Crippen LogP contribution in [0, 0.1) is 17.0 Å². The number of hydrogen-bond donors (Lipinski definition) is 1. The van der Waals surface area contributed by atoms with E-state index >= 15 is 0 Å². The van der Waals surface area contributed by atoms with Gasteiger partial charge in [-0.15, -0.1) is 0 Å². The molecule has 164 valence electrons. The van der Waals surface area contributed by atoms with Gasteiger partial charge in [-0.1, -0.05) is 35.9 Å². The van der Waals surface area contributed by atoms with Gasteiger partial charge in [0, 0.05) is 16.7 Å². The van der Waals surface area contributed by atoms with Crippen LogP contribution >= 0.6 is 11.6 Å². The van der Waals surface area contributed by atoms with Gasteiger partial charge in [0.2, 0.25) is 0 Å². The van der Waals surface area contributed by atoms with Crippen molar-refractivity contribution >= 4 is 29.4 Å². The number of aryl methyl sites for hydroxylation is 1. The fraction of sp³-hybridized carbons (Fsp3) is 0.130. The first-order valence-electron chi connectivity index (χ1n) is 9.58. The summed E-state index contributed by atoms with van der Waals surface area (Å²) in [5, 5.41) is 15.6. The van der Waals surface area contributed by atoms with Crippen LogP contribution in [0.2, 0.25) is 5.02 Å². The fourth-order valence-electron chi connectivity index (χ4n) is 2.67. The summed E-state index contributed by atoms with van der Waals surface area (Å²) in [7, 11) is 0. The number of nitrogens with zero attached hydrogens (tertiary/aromatic N) is 2. The van der Waals surface area contributed by atoms with E-state index in [0.717, 1.165) is 16.7 Å². The zero-order chi connectivity index (χ0) is 22.9. The Morgan fingerprint density at radius 1 is 1.12 bits per heavy atom. The summed E-state index contributed by atoms with van der Waals surface area (Å²) >= 11 is 6.11. The third kappa shape index (κ3) is 6.55. The first-order valence-corrected chi connectivity index (χ1v) is 9.96. The SMILES string of the molecule is Cc1ccc(OCC(=O)N/N=C/c2ccc(OCc3ccccc3Cl)cc2)c([N+](=O)[O-])c1. The molecular formula is C23H20ClN3O5. The van der Waals surface area contributed by atoms with E-state index in [1.165, 1.54) is 18.3 Å². The Labute approximate surface area is 189 Å². The summed E-state index contributed by atoms with van der Waals surface area (Å²) in [4.78, 5) is 22.4. The third-order valence-electron chi connectivity index (χ3n) is 4.31. The highest BCUT2D eigenvalue weighted by molar-refractivity contribution is 6.31. The Morgan fingerprint density at radius 2 is 1.88 bits per heavy atom. The molecule has 0 radical (unpaired) electrons. The van der Waals surface area contributed by atoms with Crippen molar-refractivity contribution in [1.29, 1.82) is 0 Å². The molecule has 3 aromatic rings. The number of amides is 1. The predicted octanol–water partition coefficient (Wildman–Crippen LogP) is 4.66. The average Bonchev–Trinajstić information content (AvgIpc) is 2.78. The van der Waals surface area contributed by atoms with Crippen molar-refractivity contribution < 1.29 is 19.2 Å². The molecule has 9 heteroatoms. The monoisotopic (exact) mass is 453 g/mol. The molecule has 0 bridgehead atoms. The predicted molar refractivity (Wildman–Crippen MR) is 121 cm³/mol. The topological polar surface area (TPSA) is 103 Å². The minimum atomic E-state index is -0.555. The molecule has 1 N–H and O–H groups in total. The first-order chi connectivity index (χ1) is 15.4. The molecule has 0 unspecified atom stereocenters. The zero-order valence-electron chi connectivity index (χ0n) is 17.2. The lowest BCUT2D eigenvalue weighted by atomic mass is 10.2. The molecule has 8 nitrogen and oxygen atoms in total. The van der Waals surface area contributed by atoms with Crippen molar-refractivity contribution in [2.24, 2.45) is 5.10 Å². The number of rotatable bonds is 9. The zero-order valence-corrected chi connectivity index (χ0v) is 17.9. The van der Waals surface area contributed by atoms with E-state index in [-0.39, 0.29) is 11.4 Å². The van der Waals surface area contributed by atoms with Crippen LogP contribution in [0.3, 0.4) is 0 Å². The molecule has 32 heavy (non-hydrogen) atoms. The van der Waals surface area contributed by atoms with Gasteiger partial charge < -0.3 is 9.47 Å². The van der Waals surface area contributed by atoms with Gasteiger partial charge in [0.15, 0.2) is 12.4 Å². The van der Waals surface area contributed by atoms with Crippen LogP contribution in [0.5, 0.6) is 11.5 Å². The quantitative estimate of drug-likeness (QED) is 0.288. The maximum absolute atomic E-state index is 11.9. The number of nitro benzene ring substituents is 1. The molecule has 3 rings (SSSR count). The molecule has 0 aliphatic carbocycles. The maximum atomic E-state index is 11.9. The third-order valence-corrected chi connectivity index (χ3v) is 4.67. The number of benzene rings is 3. The van der Waals surface area contributed by atoms with Crippen molar-refractivity contribution in [1.82, 2.24) is 5.43 Å². The summed E-state index contributed by atoms with van der Waals surface area (Å²) in [6.45, 7) is 1.67. The van der Waals surface area contributed by atoms with E-state index in [2.05, 4.69) is 10.5 Å². The molecule has 0 fully saturated rings. The maximum Gasteiger partial charge on any atom is 0.311 e. The Bertz CT molecular complexity index is 1130. The van der Waals surface area contributed by atoms with Crippen LogP contribution in [0.1, 0.15) is 16.7 Å². The van der Waals surface area contributed by atoms with E-state index in [0.29, 0.717) is 17.4 Å². The Kier molecular flexibility index (Phi) is 7.77. The highest BCUT2D eigenvalue weighted by Crippen LogP contribution is 2.27. The van der Waals surface area contributed by atoms with Crippen molar-refractivity contribution in [2.45, 2.75) is 13.5 Å². The lowest BCUT2D eigenvalue weighted by Gasteiger charge is -2.08. The van der Waals surface area contributed by atoms with E-state index in [9.17, 15) is 14.9 Å². The summed E-state index contributed by atoms with van der Waals surface area (Å²) in [5.41, 5.74) is 4.47. The van der Waals surface area contributed by atoms with Crippen LogP contribution < -0.4 is 14.9 Å². The van der Waals surface area contributed by atoms with Gasteiger partial charge in [0.1, 0.15) is 12.4 Å². The number of carbonyl (C=O) groups excluding carboxylic acids is 1. The second-order valence-electron chi connectivity index (χ2n) is 6.76. The van der Waals surface area contributed by atoms with Crippen LogP contribution in [-0.2, 0) is 11.4 Å². The van der Waals surface area contributed by atoms with Crippen LogP contribution in [0.15, 0.2) is 71.8 Å². The molecule has 0 atom stereocenters. The smallest absolute Gasteiger partial charge is 0.311 e. The van der Waals surface area contributed by atoms with Gasteiger partial charge in [0.25, 0.3) is 5.91 Å². The molecular weight excluding hydrogens is 434 g/mol. The lowest BCUT2D eigenvalue weighted by molar-refractivity contribution is -0.385. The van der Waals surface area contributed by atoms with Gasteiger partial charge in [-0.05, 0) is 54.4 Å². The lowest BCUT2D eigenvalue weighted by Crippen LogP contribution is -2.24. The highest BCUT2D eigenvalue weighted by atomic mass is 35.5. The number of carbonyl (C=O) groups is 1. The molecule has 1 amide bonds. The fourth-order valence-corrected chi connectivity index (χ4v) is 2.86. The van der Waals surface area contributed by atoms with Gasteiger partial charge in [-0.25, -0.2) is 5.43 Å². The normalized spacial score (nSPS) is 10.7. The standard InChI is InChI=1S/C23H20ClN3O5/c1-16-6-11-22(21(12-16)27(29)30)32-15-23(28)26-25-13-17-7-9-19(10-8-17)31-14-18-4-2-3-5-20(18)24/h2-13H,14-15H2,1H3,(H,26,28)/b25-13+.